The number of amides is 2. The molecule has 0 radical (unpaired) electrons. The molecule has 2 aliphatic heterocycles. The van der Waals surface area contributed by atoms with Crippen molar-refractivity contribution < 1.29 is 14.7 Å². The van der Waals surface area contributed by atoms with Gasteiger partial charge in [0.2, 0.25) is 11.8 Å². The van der Waals surface area contributed by atoms with Gasteiger partial charge in [0, 0.05) is 13.0 Å². The molecule has 0 bridgehead atoms. The molecule has 19 heavy (non-hydrogen) atoms. The number of nitrogens with zero attached hydrogens (tertiary/aromatic N) is 1. The molecule has 2 aliphatic rings. The van der Waals surface area contributed by atoms with Crippen LogP contribution < -0.4 is 5.32 Å². The van der Waals surface area contributed by atoms with Crippen LogP contribution in [-0.2, 0) is 22.6 Å². The number of aliphatic hydroxyl groups excluding tert-OH is 1. The summed E-state index contributed by atoms with van der Waals surface area (Å²) in [6.45, 7) is 1.96. The van der Waals surface area contributed by atoms with Gasteiger partial charge in [-0.05, 0) is 18.1 Å². The molecule has 2 amide bonds. The van der Waals surface area contributed by atoms with Crippen molar-refractivity contribution in [2.45, 2.75) is 38.1 Å². The standard InChI is InChI=1S/C14H16N2O3/c1-8(17)12-14(19)16-7-10-5-3-2-4-9(10)6-11(16)13(18)15-12/h2-5,8,11-12,17H,6-7H2,1H3,(H,15,18). The Balaban J connectivity index is 1.95. The molecule has 5 nitrogen and oxygen atoms in total. The number of benzene rings is 1. The summed E-state index contributed by atoms with van der Waals surface area (Å²) in [5, 5.41) is 12.2. The van der Waals surface area contributed by atoms with E-state index in [4.69, 9.17) is 0 Å². The summed E-state index contributed by atoms with van der Waals surface area (Å²) < 4.78 is 0. The van der Waals surface area contributed by atoms with Crippen molar-refractivity contribution >= 4 is 11.8 Å². The molecule has 100 valence electrons. The molecule has 1 saturated heterocycles. The van der Waals surface area contributed by atoms with Gasteiger partial charge in [-0.25, -0.2) is 0 Å². The van der Waals surface area contributed by atoms with Crippen LogP contribution in [0, 0.1) is 0 Å². The number of carbonyl (C=O) groups excluding carboxylic acids is 2. The van der Waals surface area contributed by atoms with Crippen molar-refractivity contribution in [2.75, 3.05) is 0 Å². The first-order valence-electron chi connectivity index (χ1n) is 6.43. The van der Waals surface area contributed by atoms with E-state index in [1.807, 2.05) is 24.3 Å². The summed E-state index contributed by atoms with van der Waals surface area (Å²) in [4.78, 5) is 26.0. The molecule has 5 heteroatoms. The molecule has 1 aromatic rings. The lowest BCUT2D eigenvalue weighted by Crippen LogP contribution is -2.67. The third-order valence-corrected chi connectivity index (χ3v) is 3.88. The topological polar surface area (TPSA) is 69.6 Å². The zero-order valence-electron chi connectivity index (χ0n) is 10.7. The molecule has 0 aliphatic carbocycles. The molecule has 0 aromatic heterocycles. The Morgan fingerprint density at radius 1 is 1.32 bits per heavy atom. The molecule has 3 rings (SSSR count). The number of nitrogens with one attached hydrogen (secondary N) is 1. The van der Waals surface area contributed by atoms with Gasteiger partial charge in [-0.1, -0.05) is 24.3 Å². The van der Waals surface area contributed by atoms with Crippen LogP contribution in [0.4, 0.5) is 0 Å². The van der Waals surface area contributed by atoms with Crippen LogP contribution in [0.2, 0.25) is 0 Å². The fraction of sp³-hybridized carbons (Fsp3) is 0.429. The predicted molar refractivity (Wildman–Crippen MR) is 68.1 cm³/mol. The van der Waals surface area contributed by atoms with Crippen molar-refractivity contribution in [1.82, 2.24) is 10.2 Å². The summed E-state index contributed by atoms with van der Waals surface area (Å²) in [7, 11) is 0. The third-order valence-electron chi connectivity index (χ3n) is 3.88. The highest BCUT2D eigenvalue weighted by Crippen LogP contribution is 2.26. The molecule has 2 heterocycles. The van der Waals surface area contributed by atoms with E-state index in [0.29, 0.717) is 13.0 Å². The lowest BCUT2D eigenvalue weighted by molar-refractivity contribution is -0.153. The summed E-state index contributed by atoms with van der Waals surface area (Å²) >= 11 is 0. The van der Waals surface area contributed by atoms with Gasteiger partial charge < -0.3 is 15.3 Å². The summed E-state index contributed by atoms with van der Waals surface area (Å²) in [5.41, 5.74) is 2.19. The predicted octanol–water partition coefficient (Wildman–Crippen LogP) is -0.181. The Bertz CT molecular complexity index is 541. The monoisotopic (exact) mass is 260 g/mol. The highest BCUT2D eigenvalue weighted by atomic mass is 16.3. The van der Waals surface area contributed by atoms with E-state index >= 15 is 0 Å². The van der Waals surface area contributed by atoms with Crippen molar-refractivity contribution in [2.24, 2.45) is 0 Å². The maximum Gasteiger partial charge on any atom is 0.248 e. The van der Waals surface area contributed by atoms with Gasteiger partial charge in [-0.2, -0.15) is 0 Å². The van der Waals surface area contributed by atoms with E-state index < -0.39 is 18.2 Å². The molecule has 1 aromatic carbocycles. The number of hydrogen-bond donors (Lipinski definition) is 2. The Hall–Kier alpha value is -1.88. The highest BCUT2D eigenvalue weighted by molar-refractivity contribution is 5.97. The second-order valence-electron chi connectivity index (χ2n) is 5.18. The highest BCUT2D eigenvalue weighted by Gasteiger charge is 2.44. The number of rotatable bonds is 1. The summed E-state index contributed by atoms with van der Waals surface area (Å²) in [5.74, 6) is -0.380. The Morgan fingerprint density at radius 2 is 2.00 bits per heavy atom. The first-order chi connectivity index (χ1) is 9.08. The van der Waals surface area contributed by atoms with Crippen LogP contribution in [0.3, 0.4) is 0 Å². The Morgan fingerprint density at radius 3 is 2.68 bits per heavy atom. The second kappa shape index (κ2) is 4.35. The zero-order chi connectivity index (χ0) is 13.6. The largest absolute Gasteiger partial charge is 0.391 e. The fourth-order valence-corrected chi connectivity index (χ4v) is 2.81. The Labute approximate surface area is 111 Å². The minimum atomic E-state index is -0.880. The molecule has 0 spiro atoms. The molecule has 3 unspecified atom stereocenters. The van der Waals surface area contributed by atoms with Crippen LogP contribution in [-0.4, -0.2) is 40.0 Å². The van der Waals surface area contributed by atoms with Gasteiger partial charge in [0.1, 0.15) is 12.1 Å². The fourth-order valence-electron chi connectivity index (χ4n) is 2.81. The zero-order valence-corrected chi connectivity index (χ0v) is 10.7. The molecule has 3 atom stereocenters. The number of fused-ring (bicyclic) bond motifs is 2. The minimum Gasteiger partial charge on any atom is -0.391 e. The second-order valence-corrected chi connectivity index (χ2v) is 5.18. The summed E-state index contributed by atoms with van der Waals surface area (Å²) in [6.07, 6.45) is -0.338. The quantitative estimate of drug-likeness (QED) is 0.736. The van der Waals surface area contributed by atoms with Crippen molar-refractivity contribution in [3.8, 4) is 0 Å². The van der Waals surface area contributed by atoms with Gasteiger partial charge in [0.25, 0.3) is 0 Å². The molecule has 0 saturated carbocycles. The summed E-state index contributed by atoms with van der Waals surface area (Å²) in [6, 6.07) is 6.56. The van der Waals surface area contributed by atoms with Crippen LogP contribution in [0.5, 0.6) is 0 Å². The minimum absolute atomic E-state index is 0.181. The van der Waals surface area contributed by atoms with E-state index in [-0.39, 0.29) is 11.8 Å². The first-order valence-corrected chi connectivity index (χ1v) is 6.43. The maximum absolute atomic E-state index is 12.3. The number of carbonyl (C=O) groups is 2. The number of aliphatic hydroxyl groups is 1. The van der Waals surface area contributed by atoms with Crippen LogP contribution in [0.25, 0.3) is 0 Å². The van der Waals surface area contributed by atoms with E-state index in [9.17, 15) is 14.7 Å². The van der Waals surface area contributed by atoms with Crippen molar-refractivity contribution in [1.29, 1.82) is 0 Å². The SMILES string of the molecule is CC(O)C1NC(=O)C2Cc3ccccc3CN2C1=O. The Kier molecular flexibility index (Phi) is 2.78. The van der Waals surface area contributed by atoms with Crippen molar-refractivity contribution in [3.05, 3.63) is 35.4 Å². The van der Waals surface area contributed by atoms with Crippen LogP contribution >= 0.6 is 0 Å². The smallest absolute Gasteiger partial charge is 0.248 e. The van der Waals surface area contributed by atoms with E-state index in [2.05, 4.69) is 5.32 Å². The molecular weight excluding hydrogens is 244 g/mol. The number of hydrogen-bond acceptors (Lipinski definition) is 3. The number of piperazine rings is 1. The van der Waals surface area contributed by atoms with Gasteiger partial charge >= 0.3 is 0 Å². The average Bonchev–Trinajstić information content (AvgIpc) is 2.41. The van der Waals surface area contributed by atoms with E-state index in [0.717, 1.165) is 11.1 Å². The lowest BCUT2D eigenvalue weighted by atomic mass is 9.90. The van der Waals surface area contributed by atoms with Gasteiger partial charge in [-0.15, -0.1) is 0 Å². The van der Waals surface area contributed by atoms with Crippen molar-refractivity contribution in [3.63, 3.8) is 0 Å². The molecular formula is C14H16N2O3. The third kappa shape index (κ3) is 1.90. The maximum atomic E-state index is 12.3. The van der Waals surface area contributed by atoms with Gasteiger partial charge in [0.15, 0.2) is 0 Å². The molecule has 2 N–H and O–H groups in total. The van der Waals surface area contributed by atoms with Crippen LogP contribution in [0.1, 0.15) is 18.1 Å². The van der Waals surface area contributed by atoms with E-state index in [1.54, 1.807) is 4.90 Å². The van der Waals surface area contributed by atoms with Gasteiger partial charge in [-0.3, -0.25) is 9.59 Å². The first kappa shape index (κ1) is 12.2. The van der Waals surface area contributed by atoms with Crippen LogP contribution in [0.15, 0.2) is 24.3 Å². The molecule has 1 fully saturated rings. The van der Waals surface area contributed by atoms with Gasteiger partial charge in [0.05, 0.1) is 6.10 Å². The average molecular weight is 260 g/mol. The van der Waals surface area contributed by atoms with E-state index in [1.165, 1.54) is 6.92 Å². The lowest BCUT2D eigenvalue weighted by Gasteiger charge is -2.42. The normalized spacial score (nSPS) is 27.4.